The highest BCUT2D eigenvalue weighted by molar-refractivity contribution is 7.87. The monoisotopic (exact) mass is 275 g/mol. The molecule has 0 radical (unpaired) electrons. The van der Waals surface area contributed by atoms with E-state index >= 15 is 0 Å². The van der Waals surface area contributed by atoms with Gasteiger partial charge in [-0.05, 0) is 25.8 Å². The van der Waals surface area contributed by atoms with Gasteiger partial charge in [-0.25, -0.2) is 0 Å². The molecule has 0 aromatic carbocycles. The van der Waals surface area contributed by atoms with Gasteiger partial charge in [0.25, 0.3) is 10.2 Å². The van der Waals surface area contributed by atoms with E-state index in [1.54, 1.807) is 4.72 Å². The molecule has 17 heavy (non-hydrogen) atoms. The van der Waals surface area contributed by atoms with Crippen LogP contribution in [0.1, 0.15) is 19.3 Å². The summed E-state index contributed by atoms with van der Waals surface area (Å²) in [6.45, 7) is -1.08. The lowest BCUT2D eigenvalue weighted by atomic mass is 10.4. The van der Waals surface area contributed by atoms with Gasteiger partial charge in [-0.2, -0.15) is 30.6 Å². The fourth-order valence-electron chi connectivity index (χ4n) is 1.36. The Balaban J connectivity index is 2.58. The van der Waals surface area contributed by atoms with Crippen LogP contribution < -0.4 is 10.5 Å². The Morgan fingerprint density at radius 3 is 2.35 bits per heavy atom. The molecule has 0 heterocycles. The third-order valence-corrected chi connectivity index (χ3v) is 3.91. The summed E-state index contributed by atoms with van der Waals surface area (Å²) in [5.74, 6) is 0. The summed E-state index contributed by atoms with van der Waals surface area (Å²) in [7, 11) is -4.06. The van der Waals surface area contributed by atoms with Gasteiger partial charge in [0.15, 0.2) is 0 Å². The number of halogens is 3. The molecule has 0 spiro atoms. The Morgan fingerprint density at radius 2 is 1.94 bits per heavy atom. The second kappa shape index (κ2) is 5.51. The van der Waals surface area contributed by atoms with Crippen molar-refractivity contribution in [1.29, 1.82) is 0 Å². The van der Waals surface area contributed by atoms with E-state index in [4.69, 9.17) is 5.73 Å². The molecular weight excluding hydrogens is 259 g/mol. The minimum Gasteiger partial charge on any atom is -0.330 e. The molecule has 5 nitrogen and oxygen atoms in total. The van der Waals surface area contributed by atoms with Gasteiger partial charge in [-0.3, -0.25) is 0 Å². The average molecular weight is 275 g/mol. The topological polar surface area (TPSA) is 75.4 Å². The van der Waals surface area contributed by atoms with E-state index in [2.05, 4.69) is 0 Å². The Bertz CT molecular complexity index is 340. The van der Waals surface area contributed by atoms with E-state index in [-0.39, 0.29) is 12.6 Å². The van der Waals surface area contributed by atoms with Crippen molar-refractivity contribution < 1.29 is 21.6 Å². The van der Waals surface area contributed by atoms with Gasteiger partial charge in [0.1, 0.15) is 6.54 Å². The molecule has 0 amide bonds. The number of hydrogen-bond donors (Lipinski definition) is 2. The van der Waals surface area contributed by atoms with Gasteiger partial charge < -0.3 is 5.73 Å². The van der Waals surface area contributed by atoms with Gasteiger partial charge in [0.05, 0.1) is 0 Å². The first kappa shape index (κ1) is 14.7. The lowest BCUT2D eigenvalue weighted by Gasteiger charge is -2.22. The number of alkyl halides is 3. The summed E-state index contributed by atoms with van der Waals surface area (Å²) < 4.78 is 61.8. The molecule has 0 aliphatic heterocycles. The van der Waals surface area contributed by atoms with E-state index in [0.717, 1.165) is 4.31 Å². The number of rotatable bonds is 7. The molecule has 9 heteroatoms. The summed E-state index contributed by atoms with van der Waals surface area (Å²) in [4.78, 5) is 0. The third kappa shape index (κ3) is 5.19. The van der Waals surface area contributed by atoms with E-state index in [9.17, 15) is 21.6 Å². The fourth-order valence-corrected chi connectivity index (χ4v) is 2.85. The maximum absolute atomic E-state index is 12.0. The molecule has 0 aromatic heterocycles. The highest BCUT2D eigenvalue weighted by Gasteiger charge is 2.38. The number of nitrogens with one attached hydrogen (secondary N) is 1. The molecule has 1 fully saturated rings. The lowest BCUT2D eigenvalue weighted by Crippen LogP contribution is -2.46. The number of nitrogens with zero attached hydrogens (tertiary/aromatic N) is 1. The fraction of sp³-hybridized carbons (Fsp3) is 1.00. The van der Waals surface area contributed by atoms with Gasteiger partial charge in [0, 0.05) is 12.6 Å². The van der Waals surface area contributed by atoms with Crippen LogP contribution in [-0.4, -0.2) is 44.6 Å². The van der Waals surface area contributed by atoms with Gasteiger partial charge in [0.2, 0.25) is 0 Å². The normalized spacial score (nSPS) is 17.7. The van der Waals surface area contributed by atoms with Crippen LogP contribution in [-0.2, 0) is 10.2 Å². The largest absolute Gasteiger partial charge is 0.402 e. The average Bonchev–Trinajstić information content (AvgIpc) is 2.98. The van der Waals surface area contributed by atoms with E-state index in [0.29, 0.717) is 25.8 Å². The highest BCUT2D eigenvalue weighted by Crippen LogP contribution is 2.29. The standard InChI is InChI=1S/C8H16F3N3O2S/c9-8(10,11)6-13-17(15,16)14(5-1-4-12)7-2-3-7/h7,13H,1-6,12H2. The first-order valence-corrected chi connectivity index (χ1v) is 6.73. The molecule has 1 aliphatic rings. The smallest absolute Gasteiger partial charge is 0.330 e. The maximum Gasteiger partial charge on any atom is 0.402 e. The third-order valence-electron chi connectivity index (χ3n) is 2.30. The van der Waals surface area contributed by atoms with E-state index in [1.807, 2.05) is 0 Å². The first-order valence-electron chi connectivity index (χ1n) is 5.29. The van der Waals surface area contributed by atoms with Gasteiger partial charge in [-0.15, -0.1) is 0 Å². The van der Waals surface area contributed by atoms with Gasteiger partial charge in [-0.1, -0.05) is 0 Å². The zero-order valence-electron chi connectivity index (χ0n) is 9.20. The molecule has 0 atom stereocenters. The van der Waals surface area contributed by atoms with Crippen LogP contribution in [0.2, 0.25) is 0 Å². The lowest BCUT2D eigenvalue weighted by molar-refractivity contribution is -0.121. The Kier molecular flexibility index (Phi) is 4.76. The molecule has 1 saturated carbocycles. The van der Waals surface area contributed by atoms with Crippen LogP contribution in [0.4, 0.5) is 13.2 Å². The SMILES string of the molecule is NCCCN(C1CC1)S(=O)(=O)NCC(F)(F)F. The second-order valence-electron chi connectivity index (χ2n) is 3.93. The maximum atomic E-state index is 12.0. The molecule has 3 N–H and O–H groups in total. The molecule has 1 rings (SSSR count). The molecule has 1 aliphatic carbocycles. The first-order chi connectivity index (χ1) is 7.76. The zero-order chi connectivity index (χ0) is 13.1. The molecule has 0 bridgehead atoms. The molecular formula is C8H16F3N3O2S. The van der Waals surface area contributed by atoms with Crippen molar-refractivity contribution >= 4 is 10.2 Å². The van der Waals surface area contributed by atoms with Crippen LogP contribution in [0, 0.1) is 0 Å². The summed E-state index contributed by atoms with van der Waals surface area (Å²) >= 11 is 0. The van der Waals surface area contributed by atoms with Crippen LogP contribution in [0.3, 0.4) is 0 Å². The van der Waals surface area contributed by atoms with Crippen molar-refractivity contribution in [3.63, 3.8) is 0 Å². The van der Waals surface area contributed by atoms with Crippen LogP contribution in [0.25, 0.3) is 0 Å². The van der Waals surface area contributed by atoms with Crippen molar-refractivity contribution in [3.8, 4) is 0 Å². The van der Waals surface area contributed by atoms with Crippen LogP contribution >= 0.6 is 0 Å². The minimum absolute atomic E-state index is 0.161. The van der Waals surface area contributed by atoms with Crippen molar-refractivity contribution in [2.45, 2.75) is 31.5 Å². The molecule has 0 aromatic rings. The van der Waals surface area contributed by atoms with Crippen LogP contribution in [0.5, 0.6) is 0 Å². The van der Waals surface area contributed by atoms with Crippen molar-refractivity contribution in [3.05, 3.63) is 0 Å². The summed E-state index contributed by atoms with van der Waals surface area (Å²) in [6, 6.07) is -0.174. The van der Waals surface area contributed by atoms with Crippen LogP contribution in [0.15, 0.2) is 0 Å². The Morgan fingerprint density at radius 1 is 1.35 bits per heavy atom. The van der Waals surface area contributed by atoms with Crippen molar-refractivity contribution in [2.75, 3.05) is 19.6 Å². The zero-order valence-corrected chi connectivity index (χ0v) is 10.0. The highest BCUT2D eigenvalue weighted by atomic mass is 32.2. The predicted octanol–water partition coefficient (Wildman–Crippen LogP) is 0.196. The van der Waals surface area contributed by atoms with Gasteiger partial charge >= 0.3 is 6.18 Å². The molecule has 102 valence electrons. The molecule has 0 unspecified atom stereocenters. The minimum atomic E-state index is -4.55. The number of nitrogens with two attached hydrogens (primary N) is 1. The Labute approximate surface area is 98.3 Å². The van der Waals surface area contributed by atoms with Crippen molar-refractivity contribution in [1.82, 2.24) is 9.03 Å². The summed E-state index contributed by atoms with van der Waals surface area (Å²) in [6.07, 6.45) is -2.73. The van der Waals surface area contributed by atoms with Crippen molar-refractivity contribution in [2.24, 2.45) is 5.73 Å². The predicted molar refractivity (Wildman–Crippen MR) is 56.4 cm³/mol. The quantitative estimate of drug-likeness (QED) is 0.697. The molecule has 0 saturated heterocycles. The van der Waals surface area contributed by atoms with E-state index < -0.39 is 22.9 Å². The summed E-state index contributed by atoms with van der Waals surface area (Å²) in [5.41, 5.74) is 5.26. The second-order valence-corrected chi connectivity index (χ2v) is 5.63. The van der Waals surface area contributed by atoms with E-state index in [1.165, 1.54) is 0 Å². The number of hydrogen-bond acceptors (Lipinski definition) is 3. The Hall–Kier alpha value is -0.380. The summed E-state index contributed by atoms with van der Waals surface area (Å²) in [5, 5.41) is 0.